The van der Waals surface area contributed by atoms with Crippen LogP contribution in [0.25, 0.3) is 0 Å². The van der Waals surface area contributed by atoms with Crippen LogP contribution in [0.15, 0.2) is 24.3 Å². The van der Waals surface area contributed by atoms with Crippen LogP contribution >= 0.6 is 11.6 Å². The minimum atomic E-state index is -3.35. The Balaban J connectivity index is 1.86. The molecule has 3 nitrogen and oxygen atoms in total. The fourth-order valence-electron chi connectivity index (χ4n) is 1.94. The van der Waals surface area contributed by atoms with E-state index in [-0.39, 0.29) is 12.6 Å². The molecule has 1 unspecified atom stereocenters. The first-order valence-corrected chi connectivity index (χ1v) is 6.34. The van der Waals surface area contributed by atoms with Crippen LogP contribution in [0.2, 0.25) is 5.02 Å². The standard InChI is InChI=1S/C13H14ClF2NO2/c1-8(9-2-4-10(14)5-3-9)17-7-11-6-13(15,16)12(18)19-11/h2-5,8,11,17H,6-7H2,1H3/t8-,11?/m0/s1. The first-order chi connectivity index (χ1) is 8.88. The Kier molecular flexibility index (Phi) is 4.06. The maximum absolute atomic E-state index is 13.0. The number of rotatable bonds is 4. The molecule has 6 heteroatoms. The molecule has 104 valence electrons. The lowest BCUT2D eigenvalue weighted by atomic mass is 10.1. The Morgan fingerprint density at radius 1 is 1.47 bits per heavy atom. The van der Waals surface area contributed by atoms with Gasteiger partial charge in [0, 0.05) is 17.6 Å². The summed E-state index contributed by atoms with van der Waals surface area (Å²) in [5.41, 5.74) is 0.987. The lowest BCUT2D eigenvalue weighted by Gasteiger charge is -2.16. The molecule has 1 aromatic carbocycles. The van der Waals surface area contributed by atoms with Crippen molar-refractivity contribution in [3.05, 3.63) is 34.9 Å². The van der Waals surface area contributed by atoms with Gasteiger partial charge in [-0.05, 0) is 24.6 Å². The second-order valence-corrected chi connectivity index (χ2v) is 5.05. The van der Waals surface area contributed by atoms with Crippen LogP contribution in [0.3, 0.4) is 0 Å². The number of cyclic esters (lactones) is 1. The summed E-state index contributed by atoms with van der Waals surface area (Å²) in [5.74, 6) is -4.78. The molecule has 1 N–H and O–H groups in total. The first kappa shape index (κ1) is 14.2. The van der Waals surface area contributed by atoms with Crippen molar-refractivity contribution in [2.24, 2.45) is 0 Å². The molecule has 0 bridgehead atoms. The molecular formula is C13H14ClF2NO2. The molecule has 19 heavy (non-hydrogen) atoms. The second kappa shape index (κ2) is 5.43. The van der Waals surface area contributed by atoms with Crippen molar-refractivity contribution < 1.29 is 18.3 Å². The fourth-order valence-corrected chi connectivity index (χ4v) is 2.07. The van der Waals surface area contributed by atoms with Gasteiger partial charge in [-0.25, -0.2) is 4.79 Å². The van der Waals surface area contributed by atoms with Crippen molar-refractivity contribution in [3.63, 3.8) is 0 Å². The number of halogens is 3. The van der Waals surface area contributed by atoms with Crippen LogP contribution in [-0.4, -0.2) is 24.5 Å². The van der Waals surface area contributed by atoms with E-state index in [1.165, 1.54) is 0 Å². The normalized spacial score (nSPS) is 23.2. The third-order valence-electron chi connectivity index (χ3n) is 3.08. The molecular weight excluding hydrogens is 276 g/mol. The van der Waals surface area contributed by atoms with Crippen molar-refractivity contribution in [1.29, 1.82) is 0 Å². The number of carbonyl (C=O) groups is 1. The summed E-state index contributed by atoms with van der Waals surface area (Å²) in [4.78, 5) is 10.8. The van der Waals surface area contributed by atoms with E-state index in [0.29, 0.717) is 5.02 Å². The van der Waals surface area contributed by atoms with Crippen LogP contribution in [0.1, 0.15) is 24.9 Å². The molecule has 0 spiro atoms. The molecule has 1 aromatic rings. The predicted octanol–water partition coefficient (Wildman–Crippen LogP) is 2.94. The van der Waals surface area contributed by atoms with Gasteiger partial charge in [-0.1, -0.05) is 23.7 Å². The molecule has 1 saturated heterocycles. The number of alkyl halides is 2. The quantitative estimate of drug-likeness (QED) is 0.866. The maximum atomic E-state index is 13.0. The zero-order valence-electron chi connectivity index (χ0n) is 10.3. The van der Waals surface area contributed by atoms with Crippen LogP contribution in [-0.2, 0) is 9.53 Å². The van der Waals surface area contributed by atoms with Crippen LogP contribution in [0, 0.1) is 0 Å². The van der Waals surface area contributed by atoms with Gasteiger partial charge in [0.05, 0.1) is 6.42 Å². The van der Waals surface area contributed by atoms with E-state index in [4.69, 9.17) is 11.6 Å². The average molecular weight is 290 g/mol. The molecule has 1 aliphatic heterocycles. The number of esters is 1. The van der Waals surface area contributed by atoms with Crippen molar-refractivity contribution in [3.8, 4) is 0 Å². The van der Waals surface area contributed by atoms with E-state index in [1.807, 2.05) is 19.1 Å². The molecule has 2 atom stereocenters. The van der Waals surface area contributed by atoms with Gasteiger partial charge in [-0.2, -0.15) is 8.78 Å². The summed E-state index contributed by atoms with van der Waals surface area (Å²) in [6, 6.07) is 7.20. The van der Waals surface area contributed by atoms with Crippen LogP contribution in [0.5, 0.6) is 0 Å². The number of carbonyl (C=O) groups excluding carboxylic acids is 1. The molecule has 1 aliphatic rings. The lowest BCUT2D eigenvalue weighted by molar-refractivity contribution is -0.159. The highest BCUT2D eigenvalue weighted by Crippen LogP contribution is 2.30. The van der Waals surface area contributed by atoms with Crippen molar-refractivity contribution in [2.45, 2.75) is 31.4 Å². The van der Waals surface area contributed by atoms with Crippen molar-refractivity contribution >= 4 is 17.6 Å². The van der Waals surface area contributed by atoms with Gasteiger partial charge in [-0.3, -0.25) is 0 Å². The van der Waals surface area contributed by atoms with Crippen LogP contribution < -0.4 is 5.32 Å². The Bertz CT molecular complexity index is 464. The van der Waals surface area contributed by atoms with E-state index in [2.05, 4.69) is 10.1 Å². The SMILES string of the molecule is C[C@H](NCC1CC(F)(F)C(=O)O1)c1ccc(Cl)cc1. The summed E-state index contributed by atoms with van der Waals surface area (Å²) in [6.07, 6.45) is -1.34. The van der Waals surface area contributed by atoms with Gasteiger partial charge in [0.25, 0.3) is 0 Å². The van der Waals surface area contributed by atoms with Crippen molar-refractivity contribution in [2.75, 3.05) is 6.54 Å². The van der Waals surface area contributed by atoms with E-state index < -0.39 is 24.4 Å². The van der Waals surface area contributed by atoms with Crippen LogP contribution in [0.4, 0.5) is 8.78 Å². The minimum Gasteiger partial charge on any atom is -0.456 e. The Hall–Kier alpha value is -1.20. The maximum Gasteiger partial charge on any atom is 0.377 e. The molecule has 0 aliphatic carbocycles. The van der Waals surface area contributed by atoms with E-state index >= 15 is 0 Å². The Morgan fingerprint density at radius 2 is 2.11 bits per heavy atom. The monoisotopic (exact) mass is 289 g/mol. The van der Waals surface area contributed by atoms with Gasteiger partial charge in [0.2, 0.25) is 0 Å². The summed E-state index contributed by atoms with van der Waals surface area (Å²) in [7, 11) is 0. The number of ether oxygens (including phenoxy) is 1. The molecule has 0 saturated carbocycles. The smallest absolute Gasteiger partial charge is 0.377 e. The number of hydrogen-bond acceptors (Lipinski definition) is 3. The number of benzene rings is 1. The molecule has 1 fully saturated rings. The van der Waals surface area contributed by atoms with E-state index in [0.717, 1.165) is 5.56 Å². The molecule has 0 radical (unpaired) electrons. The highest BCUT2D eigenvalue weighted by molar-refractivity contribution is 6.30. The minimum absolute atomic E-state index is 0.0369. The molecule has 0 amide bonds. The third kappa shape index (κ3) is 3.42. The summed E-state index contributed by atoms with van der Waals surface area (Å²) in [6.45, 7) is 2.10. The molecule has 0 aromatic heterocycles. The predicted molar refractivity (Wildman–Crippen MR) is 67.3 cm³/mol. The second-order valence-electron chi connectivity index (χ2n) is 4.62. The topological polar surface area (TPSA) is 38.3 Å². The summed E-state index contributed by atoms with van der Waals surface area (Å²) >= 11 is 5.78. The van der Waals surface area contributed by atoms with Gasteiger partial charge < -0.3 is 10.1 Å². The highest BCUT2D eigenvalue weighted by atomic mass is 35.5. The first-order valence-electron chi connectivity index (χ1n) is 5.96. The zero-order chi connectivity index (χ0) is 14.0. The largest absolute Gasteiger partial charge is 0.456 e. The number of nitrogens with one attached hydrogen (secondary N) is 1. The van der Waals surface area contributed by atoms with Gasteiger partial charge in [0.1, 0.15) is 6.10 Å². The summed E-state index contributed by atoms with van der Waals surface area (Å²) < 4.78 is 30.5. The molecule has 1 heterocycles. The van der Waals surface area contributed by atoms with Crippen molar-refractivity contribution in [1.82, 2.24) is 5.32 Å². The fraction of sp³-hybridized carbons (Fsp3) is 0.462. The van der Waals surface area contributed by atoms with Gasteiger partial charge >= 0.3 is 11.9 Å². The lowest BCUT2D eigenvalue weighted by Crippen LogP contribution is -2.29. The average Bonchev–Trinajstić information content (AvgIpc) is 2.61. The Morgan fingerprint density at radius 3 is 2.63 bits per heavy atom. The Labute approximate surface area is 114 Å². The van der Waals surface area contributed by atoms with Gasteiger partial charge in [0.15, 0.2) is 0 Å². The number of hydrogen-bond donors (Lipinski definition) is 1. The van der Waals surface area contributed by atoms with E-state index in [1.54, 1.807) is 12.1 Å². The summed E-state index contributed by atoms with van der Waals surface area (Å²) in [5, 5.41) is 3.70. The van der Waals surface area contributed by atoms with Gasteiger partial charge in [-0.15, -0.1) is 0 Å². The van der Waals surface area contributed by atoms with E-state index in [9.17, 15) is 13.6 Å². The zero-order valence-corrected chi connectivity index (χ0v) is 11.1. The highest BCUT2D eigenvalue weighted by Gasteiger charge is 2.50. The molecule has 2 rings (SSSR count). The third-order valence-corrected chi connectivity index (χ3v) is 3.33.